The van der Waals surface area contributed by atoms with E-state index in [0.717, 1.165) is 6.54 Å². The van der Waals surface area contributed by atoms with Gasteiger partial charge in [0.1, 0.15) is 0 Å². The van der Waals surface area contributed by atoms with Gasteiger partial charge in [0.25, 0.3) is 0 Å². The van der Waals surface area contributed by atoms with Crippen molar-refractivity contribution < 1.29 is 0 Å². The fourth-order valence-corrected chi connectivity index (χ4v) is 3.48. The molecule has 2 nitrogen and oxygen atoms in total. The zero-order chi connectivity index (χ0) is 14.2. The number of aryl methyl sites for hydroxylation is 1. The molecule has 0 aliphatic carbocycles. The Morgan fingerprint density at radius 2 is 1.86 bits per heavy atom. The van der Waals surface area contributed by atoms with Crippen molar-refractivity contribution in [3.8, 4) is 11.1 Å². The second kappa shape index (κ2) is 5.19. The topological polar surface area (TPSA) is 15.3 Å². The molecule has 0 saturated carbocycles. The minimum atomic E-state index is 0.952. The molecule has 1 radical (unpaired) electrons. The maximum atomic E-state index is 3.30. The molecule has 1 fully saturated rings. The van der Waals surface area contributed by atoms with Gasteiger partial charge in [0.15, 0.2) is 0 Å². The lowest BCUT2D eigenvalue weighted by Gasteiger charge is -2.19. The van der Waals surface area contributed by atoms with Crippen LogP contribution in [0, 0.1) is 13.5 Å². The fourth-order valence-electron chi connectivity index (χ4n) is 3.48. The second-order valence-electron chi connectivity index (χ2n) is 6.13. The Kier molecular flexibility index (Phi) is 3.19. The lowest BCUT2D eigenvalue weighted by atomic mass is 9.96. The number of nitrogens with zero attached hydrogens (tertiary/aromatic N) is 1. The van der Waals surface area contributed by atoms with Gasteiger partial charge in [0.2, 0.25) is 0 Å². The third kappa shape index (κ3) is 2.34. The van der Waals surface area contributed by atoms with Crippen LogP contribution in [0.3, 0.4) is 0 Å². The van der Waals surface area contributed by atoms with Crippen LogP contribution in [-0.2, 0) is 6.54 Å². The number of benzene rings is 2. The quantitative estimate of drug-likeness (QED) is 0.896. The molecule has 2 aliphatic heterocycles. The van der Waals surface area contributed by atoms with E-state index in [1.807, 2.05) is 0 Å². The van der Waals surface area contributed by atoms with Crippen molar-refractivity contribution in [3.63, 3.8) is 0 Å². The summed E-state index contributed by atoms with van der Waals surface area (Å²) in [6.45, 7) is 7.70. The van der Waals surface area contributed by atoms with Crippen molar-refractivity contribution in [1.29, 1.82) is 0 Å². The van der Waals surface area contributed by atoms with Crippen LogP contribution < -0.4 is 10.2 Å². The number of fused-ring (bicyclic) bond motifs is 1. The van der Waals surface area contributed by atoms with Crippen molar-refractivity contribution in [1.82, 2.24) is 5.32 Å². The summed E-state index contributed by atoms with van der Waals surface area (Å²) in [6, 6.07) is 13.7. The van der Waals surface area contributed by atoms with Gasteiger partial charge >= 0.3 is 0 Å². The first-order chi connectivity index (χ1) is 10.3. The van der Waals surface area contributed by atoms with E-state index >= 15 is 0 Å². The molecule has 21 heavy (non-hydrogen) atoms. The first-order valence-electron chi connectivity index (χ1n) is 7.87. The zero-order valence-corrected chi connectivity index (χ0v) is 12.5. The van der Waals surface area contributed by atoms with Crippen LogP contribution in [0.1, 0.15) is 29.5 Å². The van der Waals surface area contributed by atoms with E-state index in [0.29, 0.717) is 0 Å². The van der Waals surface area contributed by atoms with Gasteiger partial charge in [0.05, 0.1) is 6.54 Å². The third-order valence-corrected chi connectivity index (χ3v) is 4.69. The molecule has 107 valence electrons. The summed E-state index contributed by atoms with van der Waals surface area (Å²) in [5.41, 5.74) is 8.16. The summed E-state index contributed by atoms with van der Waals surface area (Å²) < 4.78 is 0. The van der Waals surface area contributed by atoms with Crippen LogP contribution in [0.4, 0.5) is 5.69 Å². The number of hydrogen-bond acceptors (Lipinski definition) is 2. The van der Waals surface area contributed by atoms with Crippen LogP contribution in [-0.4, -0.2) is 13.1 Å². The highest BCUT2D eigenvalue weighted by atomic mass is 15.1. The van der Waals surface area contributed by atoms with Gasteiger partial charge in [-0.1, -0.05) is 18.2 Å². The Labute approximate surface area is 126 Å². The molecule has 0 amide bonds. The number of nitrogens with one attached hydrogen (secondary N) is 1. The molecule has 0 aromatic heterocycles. The third-order valence-electron chi connectivity index (χ3n) is 4.69. The van der Waals surface area contributed by atoms with Crippen molar-refractivity contribution in [2.45, 2.75) is 26.3 Å². The Balaban J connectivity index is 1.68. The summed E-state index contributed by atoms with van der Waals surface area (Å²) in [4.78, 5) is 2.50. The Hall–Kier alpha value is -1.80. The maximum absolute atomic E-state index is 3.30. The van der Waals surface area contributed by atoms with Crippen LogP contribution in [0.25, 0.3) is 11.1 Å². The van der Waals surface area contributed by atoms with E-state index in [2.05, 4.69) is 60.1 Å². The standard InChI is InChI=1S/C19H21N2/c1-14-10-18(21-8-2-3-9-21)6-7-19(14)15-4-5-16-12-20-13-17(16)11-15/h4-7,10-12,20H,2-3,8-9,13H2,1H3. The molecule has 1 N–H and O–H groups in total. The van der Waals surface area contributed by atoms with Crippen LogP contribution in [0.5, 0.6) is 0 Å². The molecule has 1 saturated heterocycles. The number of rotatable bonds is 2. The molecular formula is C19H21N2. The molecule has 4 rings (SSSR count). The Bertz CT molecular complexity index is 669. The van der Waals surface area contributed by atoms with E-state index in [-0.39, 0.29) is 0 Å². The predicted molar refractivity (Wildman–Crippen MR) is 88.3 cm³/mol. The molecule has 0 atom stereocenters. The fraction of sp³-hybridized carbons (Fsp3) is 0.316. The van der Waals surface area contributed by atoms with E-state index in [1.165, 1.54) is 59.4 Å². The average Bonchev–Trinajstić information content (AvgIpc) is 3.18. The monoisotopic (exact) mass is 277 g/mol. The zero-order valence-electron chi connectivity index (χ0n) is 12.5. The van der Waals surface area contributed by atoms with Gasteiger partial charge in [-0.15, -0.1) is 0 Å². The first kappa shape index (κ1) is 12.9. The van der Waals surface area contributed by atoms with Gasteiger partial charge in [-0.05, 0) is 65.8 Å². The number of anilines is 1. The highest BCUT2D eigenvalue weighted by molar-refractivity contribution is 5.72. The largest absolute Gasteiger partial charge is 0.372 e. The van der Waals surface area contributed by atoms with Crippen molar-refractivity contribution >= 4 is 5.69 Å². The van der Waals surface area contributed by atoms with Crippen molar-refractivity contribution in [2.75, 3.05) is 18.0 Å². The van der Waals surface area contributed by atoms with Crippen LogP contribution in [0.2, 0.25) is 0 Å². The molecule has 2 heterocycles. The minimum Gasteiger partial charge on any atom is -0.372 e. The van der Waals surface area contributed by atoms with E-state index in [4.69, 9.17) is 0 Å². The number of hydrogen-bond donors (Lipinski definition) is 1. The van der Waals surface area contributed by atoms with Gasteiger partial charge < -0.3 is 10.2 Å². The summed E-state index contributed by atoms with van der Waals surface area (Å²) >= 11 is 0. The van der Waals surface area contributed by atoms with Crippen molar-refractivity contribution in [3.05, 3.63) is 59.6 Å². The first-order valence-corrected chi connectivity index (χ1v) is 7.87. The lowest BCUT2D eigenvalue weighted by Crippen LogP contribution is -2.17. The van der Waals surface area contributed by atoms with Crippen LogP contribution in [0.15, 0.2) is 36.4 Å². The maximum Gasteiger partial charge on any atom is 0.0524 e. The highest BCUT2D eigenvalue weighted by Gasteiger charge is 2.15. The Morgan fingerprint density at radius 3 is 2.67 bits per heavy atom. The second-order valence-corrected chi connectivity index (χ2v) is 6.13. The van der Waals surface area contributed by atoms with Gasteiger partial charge in [0, 0.05) is 25.3 Å². The van der Waals surface area contributed by atoms with Gasteiger partial charge in [-0.25, -0.2) is 0 Å². The normalized spacial score (nSPS) is 17.3. The SMILES string of the molecule is Cc1cc(N2CCCC2)ccc1-c1ccc2c(c1)CN[CH]2. The molecule has 0 bridgehead atoms. The predicted octanol–water partition coefficient (Wildman–Crippen LogP) is 3.88. The average molecular weight is 277 g/mol. The summed E-state index contributed by atoms with van der Waals surface area (Å²) in [5, 5.41) is 3.30. The van der Waals surface area contributed by atoms with E-state index in [9.17, 15) is 0 Å². The molecule has 2 aliphatic rings. The van der Waals surface area contributed by atoms with Gasteiger partial charge in [-0.2, -0.15) is 0 Å². The molecule has 0 spiro atoms. The molecule has 0 unspecified atom stereocenters. The lowest BCUT2D eigenvalue weighted by molar-refractivity contribution is 0.886. The van der Waals surface area contributed by atoms with Gasteiger partial charge in [-0.3, -0.25) is 0 Å². The van der Waals surface area contributed by atoms with Crippen molar-refractivity contribution in [2.24, 2.45) is 0 Å². The van der Waals surface area contributed by atoms with E-state index in [1.54, 1.807) is 0 Å². The Morgan fingerprint density at radius 1 is 1.00 bits per heavy atom. The molecule has 2 aromatic carbocycles. The minimum absolute atomic E-state index is 0.952. The molecule has 2 heteroatoms. The summed E-state index contributed by atoms with van der Waals surface area (Å²) in [5.74, 6) is 0. The highest BCUT2D eigenvalue weighted by Crippen LogP contribution is 2.31. The molecule has 2 aromatic rings. The summed E-state index contributed by atoms with van der Waals surface area (Å²) in [7, 11) is 0. The van der Waals surface area contributed by atoms with E-state index < -0.39 is 0 Å². The molecular weight excluding hydrogens is 256 g/mol. The smallest absolute Gasteiger partial charge is 0.0524 e. The summed E-state index contributed by atoms with van der Waals surface area (Å²) in [6.07, 6.45) is 2.66. The van der Waals surface area contributed by atoms with Crippen LogP contribution >= 0.6 is 0 Å².